The van der Waals surface area contributed by atoms with Crippen LogP contribution in [0.4, 0.5) is 0 Å². The number of rotatable bonds is 3. The van der Waals surface area contributed by atoms with Gasteiger partial charge in [-0.1, -0.05) is 55.0 Å². The molecule has 3 nitrogen and oxygen atoms in total. The monoisotopic (exact) mass is 359 g/mol. The molecule has 0 bridgehead atoms. The molecule has 0 aromatic heterocycles. The van der Waals surface area contributed by atoms with Gasteiger partial charge in [0.2, 0.25) is 0 Å². The second-order valence-corrected chi connectivity index (χ2v) is 7.24. The predicted molar refractivity (Wildman–Crippen MR) is 109 cm³/mol. The SMILES string of the molecule is COc1ccc(C2CCCCN(C(=O)c3cccc4ccccc34)C2)cc1. The summed E-state index contributed by atoms with van der Waals surface area (Å²) in [4.78, 5) is 15.4. The zero-order valence-corrected chi connectivity index (χ0v) is 15.7. The highest BCUT2D eigenvalue weighted by Gasteiger charge is 2.25. The van der Waals surface area contributed by atoms with Crippen molar-refractivity contribution in [2.45, 2.75) is 25.2 Å². The van der Waals surface area contributed by atoms with Crippen LogP contribution in [0.15, 0.2) is 66.7 Å². The van der Waals surface area contributed by atoms with Crippen LogP contribution in [-0.4, -0.2) is 31.0 Å². The fourth-order valence-corrected chi connectivity index (χ4v) is 4.06. The molecule has 0 radical (unpaired) electrons. The Morgan fingerprint density at radius 3 is 2.56 bits per heavy atom. The lowest BCUT2D eigenvalue weighted by molar-refractivity contribution is 0.0756. The van der Waals surface area contributed by atoms with Gasteiger partial charge in [0.05, 0.1) is 7.11 Å². The normalized spacial score (nSPS) is 17.5. The van der Waals surface area contributed by atoms with Crippen LogP contribution in [0.3, 0.4) is 0 Å². The van der Waals surface area contributed by atoms with Crippen LogP contribution in [0, 0.1) is 0 Å². The van der Waals surface area contributed by atoms with Gasteiger partial charge in [-0.05, 0) is 47.4 Å². The molecular weight excluding hydrogens is 334 g/mol. The minimum atomic E-state index is 0.146. The Labute approximate surface area is 160 Å². The zero-order chi connectivity index (χ0) is 18.6. The molecule has 0 aliphatic carbocycles. The van der Waals surface area contributed by atoms with Gasteiger partial charge in [0.1, 0.15) is 5.75 Å². The Morgan fingerprint density at radius 2 is 1.74 bits per heavy atom. The molecule has 3 aromatic rings. The molecule has 1 amide bonds. The summed E-state index contributed by atoms with van der Waals surface area (Å²) in [6.07, 6.45) is 3.32. The van der Waals surface area contributed by atoms with E-state index in [9.17, 15) is 4.79 Å². The van der Waals surface area contributed by atoms with Crippen molar-refractivity contribution in [1.82, 2.24) is 4.90 Å². The Bertz CT molecular complexity index is 927. The summed E-state index contributed by atoms with van der Waals surface area (Å²) in [5.74, 6) is 1.39. The van der Waals surface area contributed by atoms with E-state index in [2.05, 4.69) is 24.3 Å². The number of methoxy groups -OCH3 is 1. The molecule has 1 heterocycles. The van der Waals surface area contributed by atoms with Gasteiger partial charge in [0.15, 0.2) is 0 Å². The lowest BCUT2D eigenvalue weighted by Crippen LogP contribution is -2.34. The highest BCUT2D eigenvalue weighted by atomic mass is 16.5. The van der Waals surface area contributed by atoms with E-state index in [0.717, 1.165) is 54.4 Å². The van der Waals surface area contributed by atoms with Crippen molar-refractivity contribution in [3.8, 4) is 5.75 Å². The van der Waals surface area contributed by atoms with E-state index in [1.165, 1.54) is 5.56 Å². The summed E-state index contributed by atoms with van der Waals surface area (Å²) in [5.41, 5.74) is 2.09. The van der Waals surface area contributed by atoms with E-state index < -0.39 is 0 Å². The first-order valence-corrected chi connectivity index (χ1v) is 9.67. The summed E-state index contributed by atoms with van der Waals surface area (Å²) in [6.45, 7) is 1.60. The van der Waals surface area contributed by atoms with Crippen LogP contribution in [0.1, 0.15) is 41.1 Å². The lowest BCUT2D eigenvalue weighted by atomic mass is 9.94. The molecule has 1 unspecified atom stereocenters. The molecule has 0 saturated carbocycles. The van der Waals surface area contributed by atoms with Crippen LogP contribution in [-0.2, 0) is 0 Å². The van der Waals surface area contributed by atoms with Crippen molar-refractivity contribution < 1.29 is 9.53 Å². The molecule has 1 fully saturated rings. The molecule has 1 aliphatic heterocycles. The number of ether oxygens (including phenoxy) is 1. The van der Waals surface area contributed by atoms with E-state index in [-0.39, 0.29) is 5.91 Å². The van der Waals surface area contributed by atoms with Crippen molar-refractivity contribution in [3.05, 3.63) is 77.9 Å². The highest BCUT2D eigenvalue weighted by molar-refractivity contribution is 6.07. The van der Waals surface area contributed by atoms with Crippen molar-refractivity contribution in [2.24, 2.45) is 0 Å². The lowest BCUT2D eigenvalue weighted by Gasteiger charge is -2.25. The number of carbonyl (C=O) groups excluding carboxylic acids is 1. The number of benzene rings is 3. The van der Waals surface area contributed by atoms with Gasteiger partial charge in [0, 0.05) is 24.6 Å². The maximum Gasteiger partial charge on any atom is 0.254 e. The number of hydrogen-bond donors (Lipinski definition) is 0. The van der Waals surface area contributed by atoms with Crippen LogP contribution in [0.2, 0.25) is 0 Å². The Morgan fingerprint density at radius 1 is 0.963 bits per heavy atom. The minimum absolute atomic E-state index is 0.146. The molecule has 1 atom stereocenters. The van der Waals surface area contributed by atoms with Crippen molar-refractivity contribution in [3.63, 3.8) is 0 Å². The van der Waals surface area contributed by atoms with Gasteiger partial charge < -0.3 is 9.64 Å². The third kappa shape index (κ3) is 3.68. The van der Waals surface area contributed by atoms with Gasteiger partial charge in [-0.25, -0.2) is 0 Å². The third-order valence-electron chi connectivity index (χ3n) is 5.57. The van der Waals surface area contributed by atoms with E-state index in [1.807, 2.05) is 47.4 Å². The van der Waals surface area contributed by atoms with Gasteiger partial charge in [-0.15, -0.1) is 0 Å². The first-order valence-electron chi connectivity index (χ1n) is 9.67. The maximum absolute atomic E-state index is 13.3. The molecule has 1 saturated heterocycles. The van der Waals surface area contributed by atoms with Crippen molar-refractivity contribution in [2.75, 3.05) is 20.2 Å². The fourth-order valence-electron chi connectivity index (χ4n) is 4.06. The Kier molecular flexibility index (Phi) is 5.10. The van der Waals surface area contributed by atoms with Crippen LogP contribution < -0.4 is 4.74 Å². The highest BCUT2D eigenvalue weighted by Crippen LogP contribution is 2.29. The molecule has 0 N–H and O–H groups in total. The summed E-state index contributed by atoms with van der Waals surface area (Å²) in [6, 6.07) is 22.4. The second kappa shape index (κ2) is 7.83. The summed E-state index contributed by atoms with van der Waals surface area (Å²) in [5, 5.41) is 2.15. The van der Waals surface area contributed by atoms with E-state index in [1.54, 1.807) is 7.11 Å². The molecule has 3 aromatic carbocycles. The van der Waals surface area contributed by atoms with Crippen LogP contribution in [0.25, 0.3) is 10.8 Å². The average Bonchev–Trinajstić information content (AvgIpc) is 2.99. The summed E-state index contributed by atoms with van der Waals surface area (Å²) < 4.78 is 5.27. The first kappa shape index (κ1) is 17.6. The number of fused-ring (bicyclic) bond motifs is 1. The van der Waals surface area contributed by atoms with E-state index in [0.29, 0.717) is 5.92 Å². The summed E-state index contributed by atoms with van der Waals surface area (Å²) in [7, 11) is 1.69. The first-order chi connectivity index (χ1) is 13.3. The van der Waals surface area contributed by atoms with Gasteiger partial charge in [-0.3, -0.25) is 4.79 Å². The quantitative estimate of drug-likeness (QED) is 0.638. The van der Waals surface area contributed by atoms with Gasteiger partial charge >= 0.3 is 0 Å². The molecule has 138 valence electrons. The van der Waals surface area contributed by atoms with E-state index in [4.69, 9.17) is 4.74 Å². The average molecular weight is 359 g/mol. The standard InChI is InChI=1S/C24H25NO2/c1-27-21-14-12-18(13-15-21)20-8-4-5-16-25(17-20)24(26)23-11-6-9-19-7-2-3-10-22(19)23/h2-3,6-7,9-15,20H,4-5,8,16-17H2,1H3. The molecule has 0 spiro atoms. The van der Waals surface area contributed by atoms with Crippen molar-refractivity contribution in [1.29, 1.82) is 0 Å². The van der Waals surface area contributed by atoms with E-state index >= 15 is 0 Å². The number of nitrogens with zero attached hydrogens (tertiary/aromatic N) is 1. The van der Waals surface area contributed by atoms with Gasteiger partial charge in [0.25, 0.3) is 5.91 Å². The zero-order valence-electron chi connectivity index (χ0n) is 15.7. The molecule has 1 aliphatic rings. The second-order valence-electron chi connectivity index (χ2n) is 7.24. The van der Waals surface area contributed by atoms with Crippen LogP contribution in [0.5, 0.6) is 5.75 Å². The Balaban J connectivity index is 1.60. The fraction of sp³-hybridized carbons (Fsp3) is 0.292. The topological polar surface area (TPSA) is 29.5 Å². The number of carbonyl (C=O) groups is 1. The molecular formula is C24H25NO2. The number of likely N-dealkylation sites (tertiary alicyclic amines) is 1. The smallest absolute Gasteiger partial charge is 0.254 e. The molecule has 4 rings (SSSR count). The van der Waals surface area contributed by atoms with Crippen LogP contribution >= 0.6 is 0 Å². The summed E-state index contributed by atoms with van der Waals surface area (Å²) >= 11 is 0. The largest absolute Gasteiger partial charge is 0.497 e. The minimum Gasteiger partial charge on any atom is -0.497 e. The maximum atomic E-state index is 13.3. The third-order valence-corrected chi connectivity index (χ3v) is 5.57. The molecule has 3 heteroatoms. The van der Waals surface area contributed by atoms with Gasteiger partial charge in [-0.2, -0.15) is 0 Å². The molecule has 27 heavy (non-hydrogen) atoms. The predicted octanol–water partition coefficient (Wildman–Crippen LogP) is 5.26. The number of amides is 1. The Hall–Kier alpha value is -2.81. The van der Waals surface area contributed by atoms with Crippen molar-refractivity contribution >= 4 is 16.7 Å². The number of hydrogen-bond acceptors (Lipinski definition) is 2.